The standard InChI is InChI=1S/C22H21N5O2/c1-15-4-3-5-18(25-15)14-24-20-11-8-17(13-23-20)22-26-21(27-29-22)12-16-6-9-19(28-2)10-7-16/h3-11,13H,12,14H2,1-2H3,(H,23,24). The molecular weight excluding hydrogens is 366 g/mol. The number of nitrogens with zero attached hydrogens (tertiary/aromatic N) is 4. The molecule has 0 spiro atoms. The van der Waals surface area contributed by atoms with Crippen LogP contribution in [0.4, 0.5) is 5.82 Å². The molecule has 4 aromatic rings. The van der Waals surface area contributed by atoms with Gasteiger partial charge in [-0.25, -0.2) is 4.98 Å². The van der Waals surface area contributed by atoms with Gasteiger partial charge in [0.2, 0.25) is 0 Å². The quantitative estimate of drug-likeness (QED) is 0.512. The number of ether oxygens (including phenoxy) is 1. The molecule has 146 valence electrons. The van der Waals surface area contributed by atoms with Crippen LogP contribution >= 0.6 is 0 Å². The van der Waals surface area contributed by atoms with E-state index >= 15 is 0 Å². The number of hydrogen-bond acceptors (Lipinski definition) is 7. The molecule has 0 atom stereocenters. The smallest absolute Gasteiger partial charge is 0.259 e. The fourth-order valence-electron chi connectivity index (χ4n) is 2.87. The van der Waals surface area contributed by atoms with Crippen LogP contribution in [0.25, 0.3) is 11.5 Å². The van der Waals surface area contributed by atoms with Crippen molar-refractivity contribution in [2.75, 3.05) is 12.4 Å². The van der Waals surface area contributed by atoms with Gasteiger partial charge >= 0.3 is 0 Å². The first kappa shape index (κ1) is 18.6. The molecule has 0 saturated heterocycles. The van der Waals surface area contributed by atoms with Gasteiger partial charge in [0, 0.05) is 18.3 Å². The van der Waals surface area contributed by atoms with Gasteiger partial charge < -0.3 is 14.6 Å². The Morgan fingerprint density at radius 1 is 1.00 bits per heavy atom. The number of hydrogen-bond donors (Lipinski definition) is 1. The Hall–Kier alpha value is -3.74. The molecule has 0 aliphatic carbocycles. The monoisotopic (exact) mass is 387 g/mol. The lowest BCUT2D eigenvalue weighted by Crippen LogP contribution is -2.03. The molecule has 0 bridgehead atoms. The summed E-state index contributed by atoms with van der Waals surface area (Å²) in [6.45, 7) is 2.59. The number of aromatic nitrogens is 4. The van der Waals surface area contributed by atoms with Gasteiger partial charge in [0.15, 0.2) is 5.82 Å². The SMILES string of the molecule is COc1ccc(Cc2noc(-c3ccc(NCc4cccc(C)n4)nc3)n2)cc1. The number of aryl methyl sites for hydroxylation is 1. The normalized spacial score (nSPS) is 10.7. The van der Waals surface area contributed by atoms with Crippen LogP contribution in [0, 0.1) is 6.92 Å². The van der Waals surface area contributed by atoms with Gasteiger partial charge in [0.05, 0.1) is 24.9 Å². The molecule has 0 saturated carbocycles. The van der Waals surface area contributed by atoms with Crippen molar-refractivity contribution in [2.24, 2.45) is 0 Å². The number of nitrogens with one attached hydrogen (secondary N) is 1. The maximum absolute atomic E-state index is 5.39. The van der Waals surface area contributed by atoms with E-state index in [9.17, 15) is 0 Å². The molecule has 29 heavy (non-hydrogen) atoms. The van der Waals surface area contributed by atoms with E-state index in [2.05, 4.69) is 25.4 Å². The van der Waals surface area contributed by atoms with Gasteiger partial charge in [-0.3, -0.25) is 4.98 Å². The highest BCUT2D eigenvalue weighted by Crippen LogP contribution is 2.19. The Morgan fingerprint density at radius 3 is 2.59 bits per heavy atom. The van der Waals surface area contributed by atoms with Crippen molar-refractivity contribution in [3.8, 4) is 17.2 Å². The van der Waals surface area contributed by atoms with Crippen LogP contribution in [0.3, 0.4) is 0 Å². The Balaban J connectivity index is 1.38. The largest absolute Gasteiger partial charge is 0.497 e. The molecule has 0 aliphatic rings. The van der Waals surface area contributed by atoms with Gasteiger partial charge in [-0.15, -0.1) is 0 Å². The minimum absolute atomic E-state index is 0.452. The molecule has 0 amide bonds. The summed E-state index contributed by atoms with van der Waals surface area (Å²) in [5.41, 5.74) is 3.82. The Bertz CT molecular complexity index is 1080. The van der Waals surface area contributed by atoms with Gasteiger partial charge in [-0.2, -0.15) is 4.98 Å². The zero-order valence-electron chi connectivity index (χ0n) is 16.3. The average molecular weight is 387 g/mol. The van der Waals surface area contributed by atoms with E-state index in [4.69, 9.17) is 9.26 Å². The predicted molar refractivity (Wildman–Crippen MR) is 110 cm³/mol. The molecular formula is C22H21N5O2. The summed E-state index contributed by atoms with van der Waals surface area (Å²) < 4.78 is 10.6. The second-order valence-electron chi connectivity index (χ2n) is 6.60. The number of pyridine rings is 2. The zero-order chi connectivity index (χ0) is 20.1. The molecule has 0 unspecified atom stereocenters. The minimum Gasteiger partial charge on any atom is -0.497 e. The fraction of sp³-hybridized carbons (Fsp3) is 0.182. The third-order valence-electron chi connectivity index (χ3n) is 4.40. The molecule has 3 heterocycles. The van der Waals surface area contributed by atoms with Crippen LogP contribution in [0.5, 0.6) is 5.75 Å². The second-order valence-corrected chi connectivity index (χ2v) is 6.60. The number of benzene rings is 1. The summed E-state index contributed by atoms with van der Waals surface area (Å²) in [5.74, 6) is 2.65. The lowest BCUT2D eigenvalue weighted by Gasteiger charge is -2.05. The van der Waals surface area contributed by atoms with Crippen molar-refractivity contribution >= 4 is 5.82 Å². The van der Waals surface area contributed by atoms with Crippen molar-refractivity contribution in [3.63, 3.8) is 0 Å². The van der Waals surface area contributed by atoms with Crippen LogP contribution in [-0.2, 0) is 13.0 Å². The summed E-state index contributed by atoms with van der Waals surface area (Å²) in [6.07, 6.45) is 2.31. The van der Waals surface area contributed by atoms with E-state index in [1.54, 1.807) is 13.3 Å². The third-order valence-corrected chi connectivity index (χ3v) is 4.40. The first-order chi connectivity index (χ1) is 14.2. The van der Waals surface area contributed by atoms with Crippen LogP contribution in [0.1, 0.15) is 22.8 Å². The average Bonchev–Trinajstić information content (AvgIpc) is 3.22. The maximum Gasteiger partial charge on any atom is 0.259 e. The lowest BCUT2D eigenvalue weighted by atomic mass is 10.1. The van der Waals surface area contributed by atoms with Crippen molar-refractivity contribution < 1.29 is 9.26 Å². The van der Waals surface area contributed by atoms with Gasteiger partial charge in [0.25, 0.3) is 5.89 Å². The summed E-state index contributed by atoms with van der Waals surface area (Å²) in [6, 6.07) is 17.6. The topological polar surface area (TPSA) is 86.0 Å². The van der Waals surface area contributed by atoms with E-state index < -0.39 is 0 Å². The number of anilines is 1. The fourth-order valence-corrected chi connectivity index (χ4v) is 2.87. The molecule has 1 aromatic carbocycles. The van der Waals surface area contributed by atoms with E-state index in [0.717, 1.165) is 34.1 Å². The molecule has 0 radical (unpaired) electrons. The first-order valence-electron chi connectivity index (χ1n) is 9.28. The van der Waals surface area contributed by atoms with Crippen LogP contribution in [-0.4, -0.2) is 27.2 Å². The van der Waals surface area contributed by atoms with Crippen molar-refractivity contribution in [2.45, 2.75) is 19.9 Å². The highest BCUT2D eigenvalue weighted by atomic mass is 16.5. The first-order valence-corrected chi connectivity index (χ1v) is 9.28. The Kier molecular flexibility index (Phi) is 5.47. The molecule has 4 rings (SSSR count). The van der Waals surface area contributed by atoms with Gasteiger partial charge in [0.1, 0.15) is 11.6 Å². The van der Waals surface area contributed by atoms with Gasteiger partial charge in [-0.1, -0.05) is 23.4 Å². The molecule has 3 aromatic heterocycles. The van der Waals surface area contributed by atoms with Crippen molar-refractivity contribution in [3.05, 3.63) is 83.6 Å². The number of methoxy groups -OCH3 is 1. The predicted octanol–water partition coefficient (Wildman–Crippen LogP) is 4.05. The third kappa shape index (κ3) is 4.76. The minimum atomic E-state index is 0.452. The van der Waals surface area contributed by atoms with E-state index in [1.807, 2.05) is 61.5 Å². The van der Waals surface area contributed by atoms with E-state index in [0.29, 0.717) is 24.7 Å². The maximum atomic E-state index is 5.39. The molecule has 1 N–H and O–H groups in total. The summed E-state index contributed by atoms with van der Waals surface area (Å²) in [5, 5.41) is 7.33. The van der Waals surface area contributed by atoms with Crippen LogP contribution in [0.2, 0.25) is 0 Å². The summed E-state index contributed by atoms with van der Waals surface area (Å²) >= 11 is 0. The van der Waals surface area contributed by atoms with Crippen LogP contribution in [0.15, 0.2) is 65.3 Å². The van der Waals surface area contributed by atoms with Crippen molar-refractivity contribution in [1.29, 1.82) is 0 Å². The van der Waals surface area contributed by atoms with E-state index in [1.165, 1.54) is 0 Å². The summed E-state index contributed by atoms with van der Waals surface area (Å²) in [4.78, 5) is 13.4. The highest BCUT2D eigenvalue weighted by Gasteiger charge is 2.10. The number of rotatable bonds is 7. The lowest BCUT2D eigenvalue weighted by molar-refractivity contribution is 0.414. The summed E-state index contributed by atoms with van der Waals surface area (Å²) in [7, 11) is 1.65. The zero-order valence-corrected chi connectivity index (χ0v) is 16.3. The Morgan fingerprint density at radius 2 is 1.86 bits per heavy atom. The van der Waals surface area contributed by atoms with E-state index in [-0.39, 0.29) is 0 Å². The second kappa shape index (κ2) is 8.52. The van der Waals surface area contributed by atoms with Crippen LogP contribution < -0.4 is 10.1 Å². The Labute approximate surface area is 168 Å². The van der Waals surface area contributed by atoms with Gasteiger partial charge in [-0.05, 0) is 48.9 Å². The highest BCUT2D eigenvalue weighted by molar-refractivity contribution is 5.54. The van der Waals surface area contributed by atoms with Crippen molar-refractivity contribution in [1.82, 2.24) is 20.1 Å². The molecule has 0 fully saturated rings. The molecule has 7 nitrogen and oxygen atoms in total. The molecule has 7 heteroatoms. The molecule has 0 aliphatic heterocycles.